The number of nitrogens with one attached hydrogen (secondary N) is 1. The Morgan fingerprint density at radius 2 is 1.78 bits per heavy atom. The second-order valence-corrected chi connectivity index (χ2v) is 7.26. The van der Waals surface area contributed by atoms with E-state index in [1.807, 2.05) is 24.3 Å². The number of ether oxygens (including phenoxy) is 2. The predicted octanol–water partition coefficient (Wildman–Crippen LogP) is 4.96. The zero-order chi connectivity index (χ0) is 22.9. The van der Waals surface area contributed by atoms with Crippen molar-refractivity contribution in [2.24, 2.45) is 0 Å². The molecule has 8 heteroatoms. The van der Waals surface area contributed by atoms with Gasteiger partial charge in [0.2, 0.25) is 0 Å². The molecule has 0 spiro atoms. The summed E-state index contributed by atoms with van der Waals surface area (Å²) in [7, 11) is 0. The van der Waals surface area contributed by atoms with Gasteiger partial charge in [-0.15, -0.1) is 0 Å². The summed E-state index contributed by atoms with van der Waals surface area (Å²) in [5.74, 6) is -0.289. The minimum absolute atomic E-state index is 0.00444. The number of phenolic OH excluding ortho intramolecular Hbond substituents is 1. The number of thiol groups is 1. The molecule has 1 amide bonds. The van der Waals surface area contributed by atoms with E-state index in [-0.39, 0.29) is 18.1 Å². The van der Waals surface area contributed by atoms with Crippen molar-refractivity contribution in [2.75, 3.05) is 17.7 Å². The van der Waals surface area contributed by atoms with Crippen LogP contribution >= 0.6 is 12.6 Å². The van der Waals surface area contributed by atoms with E-state index in [4.69, 9.17) is 14.7 Å². The number of carbonyl (C=O) groups excluding carboxylic acids is 2. The molecule has 3 aromatic carbocycles. The van der Waals surface area contributed by atoms with E-state index < -0.39 is 18.2 Å². The summed E-state index contributed by atoms with van der Waals surface area (Å²) in [5, 5.41) is 23.2. The highest BCUT2D eigenvalue weighted by atomic mass is 32.1. The van der Waals surface area contributed by atoms with Gasteiger partial charge in [0.05, 0.1) is 24.0 Å². The topological polar surface area (TPSA) is 109 Å². The van der Waals surface area contributed by atoms with Gasteiger partial charge < -0.3 is 14.6 Å². The summed E-state index contributed by atoms with van der Waals surface area (Å²) in [6.45, 7) is 0.173. The van der Waals surface area contributed by atoms with Gasteiger partial charge in [-0.2, -0.15) is 17.9 Å². The maximum atomic E-state index is 12.6. The Labute approximate surface area is 191 Å². The minimum atomic E-state index is -0.663. The van der Waals surface area contributed by atoms with Crippen molar-refractivity contribution in [3.63, 3.8) is 0 Å². The third kappa shape index (κ3) is 5.93. The molecule has 0 saturated carbocycles. The van der Waals surface area contributed by atoms with Gasteiger partial charge >= 0.3 is 12.1 Å². The molecular formula is C24H22N2O5S. The molecule has 0 aliphatic carbocycles. The van der Waals surface area contributed by atoms with Crippen molar-refractivity contribution in [3.8, 4) is 11.8 Å². The lowest BCUT2D eigenvalue weighted by Gasteiger charge is -2.21. The molecule has 3 aromatic rings. The van der Waals surface area contributed by atoms with Crippen LogP contribution in [0.2, 0.25) is 0 Å². The molecule has 32 heavy (non-hydrogen) atoms. The van der Waals surface area contributed by atoms with E-state index in [9.17, 15) is 14.7 Å². The molecule has 0 heterocycles. The van der Waals surface area contributed by atoms with Crippen molar-refractivity contribution < 1.29 is 24.2 Å². The number of aromatic hydroxyl groups is 1. The van der Waals surface area contributed by atoms with Gasteiger partial charge in [0, 0.05) is 16.6 Å². The molecule has 0 radical (unpaired) electrons. The summed E-state index contributed by atoms with van der Waals surface area (Å²) >= 11 is 3.88. The van der Waals surface area contributed by atoms with Crippen LogP contribution in [0.1, 0.15) is 30.1 Å². The molecule has 0 aromatic heterocycles. The first kappa shape index (κ1) is 23.0. The van der Waals surface area contributed by atoms with Crippen LogP contribution < -0.4 is 5.32 Å². The fraction of sp³-hybridized carbons (Fsp3) is 0.208. The summed E-state index contributed by atoms with van der Waals surface area (Å²) < 4.78 is 10.8. The highest BCUT2D eigenvalue weighted by molar-refractivity contribution is 7.81. The number of benzene rings is 3. The second kappa shape index (κ2) is 11.1. The third-order valence-corrected chi connectivity index (χ3v) is 5.05. The zero-order valence-electron chi connectivity index (χ0n) is 17.2. The summed E-state index contributed by atoms with van der Waals surface area (Å²) in [4.78, 5) is 23.9. The fourth-order valence-corrected chi connectivity index (χ4v) is 3.36. The first-order valence-corrected chi connectivity index (χ1v) is 10.6. The first-order valence-electron chi connectivity index (χ1n) is 9.96. The molecule has 2 N–H and O–H groups in total. The second-order valence-electron chi connectivity index (χ2n) is 6.95. The molecule has 164 valence electrons. The molecule has 0 bridgehead atoms. The van der Waals surface area contributed by atoms with E-state index in [1.165, 1.54) is 0 Å². The summed E-state index contributed by atoms with van der Waals surface area (Å²) in [5.41, 5.74) is 1.70. The Hall–Kier alpha value is -3.70. The number of rotatable bonds is 8. The standard InChI is InChI=1S/C24H22N2O5S/c25-14-16-7-9-17(10-8-16)26-24(29)31-22(6-3-13-30-23(28)15-32)20-11-12-21(27)19-5-2-1-4-18(19)20/h1-2,4-5,7-12,22,27,32H,3,6,13,15H2,(H,26,29)/t22-/m1/s1. The molecule has 0 unspecified atom stereocenters. The number of nitrogens with zero attached hydrogens (tertiary/aromatic N) is 1. The number of anilines is 1. The number of esters is 1. The van der Waals surface area contributed by atoms with Crippen LogP contribution in [-0.4, -0.2) is 29.5 Å². The van der Waals surface area contributed by atoms with E-state index in [0.717, 1.165) is 10.9 Å². The number of amides is 1. The Morgan fingerprint density at radius 3 is 2.47 bits per heavy atom. The van der Waals surface area contributed by atoms with E-state index >= 15 is 0 Å². The average Bonchev–Trinajstić information content (AvgIpc) is 2.82. The lowest BCUT2D eigenvalue weighted by atomic mass is 9.97. The lowest BCUT2D eigenvalue weighted by molar-refractivity contribution is -0.140. The fourth-order valence-electron chi connectivity index (χ4n) is 3.27. The molecular weight excluding hydrogens is 428 g/mol. The highest BCUT2D eigenvalue weighted by Gasteiger charge is 2.20. The molecule has 7 nitrogen and oxygen atoms in total. The largest absolute Gasteiger partial charge is 0.507 e. The number of phenols is 1. The number of hydrogen-bond donors (Lipinski definition) is 3. The lowest BCUT2D eigenvalue weighted by Crippen LogP contribution is -2.18. The number of hydrogen-bond acceptors (Lipinski definition) is 7. The van der Waals surface area contributed by atoms with Crippen LogP contribution in [0.5, 0.6) is 5.75 Å². The van der Waals surface area contributed by atoms with Crippen LogP contribution in [0.4, 0.5) is 10.5 Å². The molecule has 1 atom stereocenters. The van der Waals surface area contributed by atoms with Crippen LogP contribution in [0.3, 0.4) is 0 Å². The average molecular weight is 451 g/mol. The Morgan fingerprint density at radius 1 is 1.06 bits per heavy atom. The number of fused-ring (bicyclic) bond motifs is 1. The third-order valence-electron chi connectivity index (χ3n) is 4.79. The molecule has 0 aliphatic rings. The van der Waals surface area contributed by atoms with Gasteiger partial charge in [0.15, 0.2) is 0 Å². The summed E-state index contributed by atoms with van der Waals surface area (Å²) in [6.07, 6.45) is -0.448. The molecule has 0 saturated heterocycles. The first-order chi connectivity index (χ1) is 15.5. The molecule has 0 fully saturated rings. The van der Waals surface area contributed by atoms with Gasteiger partial charge in [-0.3, -0.25) is 10.1 Å². The van der Waals surface area contributed by atoms with Gasteiger partial charge in [0.1, 0.15) is 11.9 Å². The minimum Gasteiger partial charge on any atom is -0.507 e. The van der Waals surface area contributed by atoms with Crippen molar-refractivity contribution in [1.82, 2.24) is 0 Å². The van der Waals surface area contributed by atoms with E-state index in [1.54, 1.807) is 42.5 Å². The maximum Gasteiger partial charge on any atom is 0.412 e. The smallest absolute Gasteiger partial charge is 0.412 e. The Kier molecular flexibility index (Phi) is 7.95. The number of nitriles is 1. The number of carbonyl (C=O) groups is 2. The van der Waals surface area contributed by atoms with Gasteiger partial charge in [-0.1, -0.05) is 30.3 Å². The summed E-state index contributed by atoms with van der Waals surface area (Å²) in [6, 6.07) is 19.0. The van der Waals surface area contributed by atoms with Crippen LogP contribution in [0.25, 0.3) is 10.8 Å². The van der Waals surface area contributed by atoms with Crippen LogP contribution in [0, 0.1) is 11.3 Å². The monoisotopic (exact) mass is 450 g/mol. The SMILES string of the molecule is N#Cc1ccc(NC(=O)O[C@H](CCCOC(=O)CS)c2ccc(O)c3ccccc23)cc1. The predicted molar refractivity (Wildman–Crippen MR) is 124 cm³/mol. The Balaban J connectivity index is 1.79. The van der Waals surface area contributed by atoms with Gasteiger partial charge in [0.25, 0.3) is 0 Å². The molecule has 0 aliphatic heterocycles. The molecule has 3 rings (SSSR count). The van der Waals surface area contributed by atoms with Gasteiger partial charge in [-0.25, -0.2) is 4.79 Å². The van der Waals surface area contributed by atoms with Gasteiger partial charge in [-0.05, 0) is 48.6 Å². The van der Waals surface area contributed by atoms with Crippen LogP contribution in [-0.2, 0) is 14.3 Å². The van der Waals surface area contributed by atoms with Crippen molar-refractivity contribution in [1.29, 1.82) is 5.26 Å². The normalized spacial score (nSPS) is 11.4. The van der Waals surface area contributed by atoms with E-state index in [0.29, 0.717) is 29.5 Å². The maximum absolute atomic E-state index is 12.6. The zero-order valence-corrected chi connectivity index (χ0v) is 18.0. The quantitative estimate of drug-likeness (QED) is 0.254. The van der Waals surface area contributed by atoms with Crippen molar-refractivity contribution in [2.45, 2.75) is 18.9 Å². The Bertz CT molecular complexity index is 1140. The van der Waals surface area contributed by atoms with Crippen molar-refractivity contribution >= 4 is 41.2 Å². The van der Waals surface area contributed by atoms with Crippen molar-refractivity contribution in [3.05, 3.63) is 71.8 Å². The van der Waals surface area contributed by atoms with E-state index in [2.05, 4.69) is 17.9 Å². The highest BCUT2D eigenvalue weighted by Crippen LogP contribution is 2.34. The van der Waals surface area contributed by atoms with Crippen LogP contribution in [0.15, 0.2) is 60.7 Å².